The molecule has 27 heavy (non-hydrogen) atoms. The summed E-state index contributed by atoms with van der Waals surface area (Å²) in [5.74, 6) is -1.33. The SMILES string of the molecule is CCN1C(=C=Cc2sc(=S)n(CC(=O)O)c2O)Sc2ccc([N+](=O)[O-])cc21. The Labute approximate surface area is 166 Å². The minimum atomic E-state index is -1.10. The number of carboxylic acids is 1. The number of aliphatic carboxylic acids is 1. The fourth-order valence-electron chi connectivity index (χ4n) is 2.52. The van der Waals surface area contributed by atoms with Crippen LogP contribution in [0.4, 0.5) is 11.4 Å². The smallest absolute Gasteiger partial charge is 0.323 e. The summed E-state index contributed by atoms with van der Waals surface area (Å²) in [7, 11) is 0. The zero-order valence-electron chi connectivity index (χ0n) is 13.9. The van der Waals surface area contributed by atoms with Crippen LogP contribution in [0.2, 0.25) is 0 Å². The Hall–Kier alpha value is -2.59. The van der Waals surface area contributed by atoms with Crippen molar-refractivity contribution in [2.45, 2.75) is 18.4 Å². The molecule has 0 unspecified atom stereocenters. The first-order valence-corrected chi connectivity index (χ1v) is 9.70. The molecule has 2 heterocycles. The van der Waals surface area contributed by atoms with Gasteiger partial charge in [-0.25, -0.2) is 0 Å². The van der Waals surface area contributed by atoms with Crippen molar-refractivity contribution in [3.63, 3.8) is 0 Å². The molecule has 1 aliphatic heterocycles. The van der Waals surface area contributed by atoms with E-state index in [4.69, 9.17) is 17.3 Å². The van der Waals surface area contributed by atoms with E-state index in [9.17, 15) is 20.0 Å². The number of fused-ring (bicyclic) bond motifs is 1. The van der Waals surface area contributed by atoms with Gasteiger partial charge < -0.3 is 15.1 Å². The largest absolute Gasteiger partial charge is 0.493 e. The van der Waals surface area contributed by atoms with Gasteiger partial charge in [0.25, 0.3) is 5.69 Å². The lowest BCUT2D eigenvalue weighted by atomic mass is 10.2. The van der Waals surface area contributed by atoms with E-state index in [0.717, 1.165) is 31.5 Å². The van der Waals surface area contributed by atoms with E-state index in [1.807, 2.05) is 11.8 Å². The first kappa shape index (κ1) is 19.2. The highest BCUT2D eigenvalue weighted by Gasteiger charge is 2.26. The molecule has 140 valence electrons. The second-order valence-electron chi connectivity index (χ2n) is 5.38. The zero-order chi connectivity index (χ0) is 19.7. The molecule has 0 bridgehead atoms. The van der Waals surface area contributed by atoms with Crippen LogP contribution in [0, 0.1) is 14.1 Å². The Morgan fingerprint density at radius 3 is 2.85 bits per heavy atom. The lowest BCUT2D eigenvalue weighted by Gasteiger charge is -2.15. The number of thioether (sulfide) groups is 1. The molecule has 0 spiro atoms. The zero-order valence-corrected chi connectivity index (χ0v) is 16.4. The normalized spacial score (nSPS) is 12.6. The van der Waals surface area contributed by atoms with Crippen LogP contribution in [0.25, 0.3) is 6.08 Å². The maximum atomic E-state index is 11.0. The number of benzene rings is 1. The Bertz CT molecular complexity index is 1070. The van der Waals surface area contributed by atoms with Crippen LogP contribution in [-0.4, -0.2) is 32.2 Å². The van der Waals surface area contributed by atoms with Gasteiger partial charge in [-0.1, -0.05) is 17.5 Å². The van der Waals surface area contributed by atoms with Crippen LogP contribution >= 0.6 is 35.3 Å². The number of nitro benzene ring substituents is 1. The number of aromatic nitrogens is 1. The molecule has 2 aromatic rings. The van der Waals surface area contributed by atoms with Gasteiger partial charge in [0.15, 0.2) is 3.95 Å². The van der Waals surface area contributed by atoms with Crippen LogP contribution in [0.3, 0.4) is 0 Å². The van der Waals surface area contributed by atoms with Crippen molar-refractivity contribution < 1.29 is 19.9 Å². The quantitative estimate of drug-likeness (QED) is 0.321. The van der Waals surface area contributed by atoms with Crippen molar-refractivity contribution in [1.29, 1.82) is 0 Å². The maximum absolute atomic E-state index is 11.0. The van der Waals surface area contributed by atoms with Gasteiger partial charge in [-0.05, 0) is 25.2 Å². The number of non-ortho nitro benzene ring substituents is 1. The van der Waals surface area contributed by atoms with E-state index in [0.29, 0.717) is 11.4 Å². The summed E-state index contributed by atoms with van der Waals surface area (Å²) in [6.07, 6.45) is 1.54. The fourth-order valence-corrected chi connectivity index (χ4v) is 4.78. The third-order valence-corrected chi connectivity index (χ3v) is 6.21. The average Bonchev–Trinajstić information content (AvgIpc) is 3.10. The molecule has 0 atom stereocenters. The van der Waals surface area contributed by atoms with E-state index < -0.39 is 17.4 Å². The van der Waals surface area contributed by atoms with Crippen molar-refractivity contribution in [2.75, 3.05) is 11.4 Å². The fraction of sp³-hybridized carbons (Fsp3) is 0.188. The predicted molar refractivity (Wildman–Crippen MR) is 106 cm³/mol. The highest BCUT2D eigenvalue weighted by Crippen LogP contribution is 2.46. The van der Waals surface area contributed by atoms with Gasteiger partial charge in [0.05, 0.1) is 15.5 Å². The van der Waals surface area contributed by atoms with Crippen LogP contribution in [0.5, 0.6) is 5.88 Å². The number of rotatable bonds is 5. The first-order valence-electron chi connectivity index (χ1n) is 7.66. The number of hydrogen-bond donors (Lipinski definition) is 2. The van der Waals surface area contributed by atoms with Crippen molar-refractivity contribution in [3.8, 4) is 5.88 Å². The standard InChI is InChI=1S/C16H13N3O5S3/c1-2-17-10-7-9(19(23)24)3-4-11(10)26-13(17)6-5-12-15(22)18(8-14(20)21)16(25)27-12/h3-5,7,22H,2,8H2,1H3,(H,20,21). The number of anilines is 1. The minimum absolute atomic E-state index is 0.0133. The number of carboxylic acid groups (broad SMARTS) is 1. The lowest BCUT2D eigenvalue weighted by molar-refractivity contribution is -0.384. The highest BCUT2D eigenvalue weighted by atomic mass is 32.2. The summed E-state index contributed by atoms with van der Waals surface area (Å²) < 4.78 is 1.39. The Morgan fingerprint density at radius 1 is 1.48 bits per heavy atom. The molecule has 0 fully saturated rings. The van der Waals surface area contributed by atoms with E-state index >= 15 is 0 Å². The minimum Gasteiger partial charge on any atom is -0.493 e. The molecule has 0 aliphatic carbocycles. The molecule has 1 aliphatic rings. The van der Waals surface area contributed by atoms with E-state index in [1.54, 1.807) is 12.1 Å². The third-order valence-electron chi connectivity index (χ3n) is 3.73. The molecule has 0 saturated heterocycles. The molecule has 0 amide bonds. The molecule has 1 aromatic carbocycles. The van der Waals surface area contributed by atoms with E-state index in [1.165, 1.54) is 23.9 Å². The Morgan fingerprint density at radius 2 is 2.22 bits per heavy atom. The summed E-state index contributed by atoms with van der Waals surface area (Å²) in [6.45, 7) is 2.08. The summed E-state index contributed by atoms with van der Waals surface area (Å²) >= 11 is 7.58. The molecule has 0 radical (unpaired) electrons. The summed E-state index contributed by atoms with van der Waals surface area (Å²) in [5.41, 5.74) is 3.83. The molecular weight excluding hydrogens is 410 g/mol. The Balaban J connectivity index is 1.99. The summed E-state index contributed by atoms with van der Waals surface area (Å²) in [4.78, 5) is 24.6. The number of carbonyl (C=O) groups is 1. The van der Waals surface area contributed by atoms with Crippen LogP contribution in [0.15, 0.2) is 33.9 Å². The van der Waals surface area contributed by atoms with Crippen molar-refractivity contribution in [3.05, 3.63) is 47.9 Å². The average molecular weight is 423 g/mol. The van der Waals surface area contributed by atoms with E-state index in [-0.39, 0.29) is 15.5 Å². The molecule has 11 heteroatoms. The number of nitro groups is 1. The van der Waals surface area contributed by atoms with Crippen molar-refractivity contribution in [2.24, 2.45) is 0 Å². The van der Waals surface area contributed by atoms with Crippen molar-refractivity contribution >= 4 is 58.7 Å². The van der Waals surface area contributed by atoms with Gasteiger partial charge in [0, 0.05) is 29.6 Å². The topological polar surface area (TPSA) is 109 Å². The molecular formula is C16H13N3O5S3. The summed E-state index contributed by atoms with van der Waals surface area (Å²) in [5, 5.41) is 30.8. The summed E-state index contributed by atoms with van der Waals surface area (Å²) in [6, 6.07) is 4.67. The molecule has 8 nitrogen and oxygen atoms in total. The molecule has 0 saturated carbocycles. The van der Waals surface area contributed by atoms with Gasteiger partial charge >= 0.3 is 5.97 Å². The van der Waals surface area contributed by atoms with Gasteiger partial charge in [0.2, 0.25) is 5.88 Å². The lowest BCUT2D eigenvalue weighted by Crippen LogP contribution is -2.15. The van der Waals surface area contributed by atoms with E-state index in [2.05, 4.69) is 5.73 Å². The van der Waals surface area contributed by atoms with Crippen molar-refractivity contribution in [1.82, 2.24) is 4.57 Å². The number of nitrogens with zero attached hydrogens (tertiary/aromatic N) is 3. The predicted octanol–water partition coefficient (Wildman–Crippen LogP) is 4.06. The van der Waals surface area contributed by atoms with Crippen LogP contribution in [0.1, 0.15) is 11.8 Å². The molecule has 3 rings (SSSR count). The Kier molecular flexibility index (Phi) is 5.38. The first-order chi connectivity index (χ1) is 12.8. The third kappa shape index (κ3) is 3.76. The molecule has 2 N–H and O–H groups in total. The van der Waals surface area contributed by atoms with Gasteiger partial charge in [-0.2, -0.15) is 0 Å². The second-order valence-corrected chi connectivity index (χ2v) is 8.09. The van der Waals surface area contributed by atoms with Crippen LogP contribution in [-0.2, 0) is 11.3 Å². The number of hydrogen-bond acceptors (Lipinski definition) is 8. The maximum Gasteiger partial charge on any atom is 0.323 e. The van der Waals surface area contributed by atoms with Gasteiger partial charge in [0.1, 0.15) is 11.6 Å². The van der Waals surface area contributed by atoms with Gasteiger partial charge in [-0.3, -0.25) is 19.5 Å². The highest BCUT2D eigenvalue weighted by molar-refractivity contribution is 8.03. The van der Waals surface area contributed by atoms with Gasteiger partial charge in [-0.15, -0.1) is 11.3 Å². The monoisotopic (exact) mass is 423 g/mol. The molecule has 1 aromatic heterocycles. The number of aromatic hydroxyl groups is 1. The van der Waals surface area contributed by atoms with Crippen LogP contribution < -0.4 is 4.90 Å². The number of thiazole rings is 1. The second kappa shape index (κ2) is 7.57.